The Balaban J connectivity index is 1.34. The highest BCUT2D eigenvalue weighted by atomic mass is 16.6. The molecule has 3 aromatic rings. The molecule has 1 aliphatic heterocycles. The molecule has 126 valence electrons. The number of nitrogens with one attached hydrogen (secondary N) is 2. The normalized spacial score (nSPS) is 16.5. The Bertz CT molecular complexity index is 946. The van der Waals surface area contributed by atoms with Crippen molar-refractivity contribution in [1.82, 2.24) is 20.5 Å². The minimum absolute atomic E-state index is 0.161. The summed E-state index contributed by atoms with van der Waals surface area (Å²) in [5.41, 5.74) is 4.31. The second kappa shape index (κ2) is 6.35. The molecule has 3 heterocycles. The van der Waals surface area contributed by atoms with E-state index in [2.05, 4.69) is 25.7 Å². The summed E-state index contributed by atoms with van der Waals surface area (Å²) in [4.78, 5) is 21.9. The maximum Gasteiger partial charge on any atom is 0.253 e. The van der Waals surface area contributed by atoms with Crippen LogP contribution in [0.5, 0.6) is 0 Å². The molecular weight excluding hydrogens is 318 g/mol. The molecule has 0 aliphatic carbocycles. The Kier molecular flexibility index (Phi) is 3.89. The van der Waals surface area contributed by atoms with Crippen LogP contribution in [0.1, 0.15) is 27.9 Å². The van der Waals surface area contributed by atoms with Crippen molar-refractivity contribution in [2.45, 2.75) is 19.4 Å². The number of carbonyl (C=O) groups is 1. The van der Waals surface area contributed by atoms with Gasteiger partial charge in [-0.3, -0.25) is 9.89 Å². The number of hydrogen-bond donors (Lipinski definition) is 2. The van der Waals surface area contributed by atoms with Gasteiger partial charge in [0.1, 0.15) is 6.10 Å². The number of amides is 1. The van der Waals surface area contributed by atoms with E-state index < -0.39 is 0 Å². The Hall–Kier alpha value is -3.22. The highest BCUT2D eigenvalue weighted by Gasteiger charge is 2.23. The third-order valence-electron chi connectivity index (χ3n) is 4.16. The van der Waals surface area contributed by atoms with Crippen LogP contribution in [-0.2, 0) is 4.84 Å². The number of hydrogen-bond acceptors (Lipinski definition) is 5. The van der Waals surface area contributed by atoms with Gasteiger partial charge in [-0.05, 0) is 18.6 Å². The summed E-state index contributed by atoms with van der Waals surface area (Å²) in [6, 6.07) is 9.91. The summed E-state index contributed by atoms with van der Waals surface area (Å²) in [5, 5.41) is 14.5. The predicted octanol–water partition coefficient (Wildman–Crippen LogP) is 2.19. The number of carbonyl (C=O) groups excluding carboxylic acids is 1. The molecule has 0 saturated carbocycles. The second-order valence-corrected chi connectivity index (χ2v) is 6.08. The Morgan fingerprint density at radius 1 is 1.32 bits per heavy atom. The van der Waals surface area contributed by atoms with Gasteiger partial charge in [-0.25, -0.2) is 4.98 Å². The van der Waals surface area contributed by atoms with Gasteiger partial charge in [-0.1, -0.05) is 35.0 Å². The molecule has 7 heteroatoms. The quantitative estimate of drug-likeness (QED) is 0.764. The third kappa shape index (κ3) is 3.21. The van der Waals surface area contributed by atoms with Gasteiger partial charge in [0, 0.05) is 18.0 Å². The first-order valence-electron chi connectivity index (χ1n) is 8.06. The summed E-state index contributed by atoms with van der Waals surface area (Å²) in [6.45, 7) is 2.44. The number of nitrogens with zero attached hydrogens (tertiary/aromatic N) is 3. The van der Waals surface area contributed by atoms with Crippen molar-refractivity contribution < 1.29 is 9.63 Å². The smallest absolute Gasteiger partial charge is 0.253 e. The first kappa shape index (κ1) is 15.3. The number of H-pyrrole nitrogens is 1. The molecule has 25 heavy (non-hydrogen) atoms. The SMILES string of the molecule is Cc1ccc(C2=NOC(CNC(=O)c3cnc4[nH]ncc4c3)C2)cc1. The van der Waals surface area contributed by atoms with E-state index in [1.165, 1.54) is 11.8 Å². The zero-order valence-corrected chi connectivity index (χ0v) is 13.7. The Morgan fingerprint density at radius 2 is 2.16 bits per heavy atom. The molecule has 1 aliphatic rings. The fourth-order valence-corrected chi connectivity index (χ4v) is 2.72. The predicted molar refractivity (Wildman–Crippen MR) is 93.4 cm³/mol. The molecule has 1 unspecified atom stereocenters. The highest BCUT2D eigenvalue weighted by molar-refractivity contribution is 6.01. The van der Waals surface area contributed by atoms with Crippen LogP contribution >= 0.6 is 0 Å². The Labute approximate surface area is 144 Å². The monoisotopic (exact) mass is 335 g/mol. The van der Waals surface area contributed by atoms with Crippen LogP contribution in [0.4, 0.5) is 0 Å². The maximum atomic E-state index is 12.3. The number of oxime groups is 1. The number of aromatic nitrogens is 3. The molecule has 7 nitrogen and oxygen atoms in total. The van der Waals surface area contributed by atoms with E-state index in [1.807, 2.05) is 31.2 Å². The van der Waals surface area contributed by atoms with E-state index in [1.54, 1.807) is 12.3 Å². The van der Waals surface area contributed by atoms with Crippen LogP contribution in [0.2, 0.25) is 0 Å². The molecule has 0 spiro atoms. The number of benzene rings is 1. The van der Waals surface area contributed by atoms with Crippen molar-refractivity contribution in [3.63, 3.8) is 0 Å². The van der Waals surface area contributed by atoms with Crippen molar-refractivity contribution in [2.24, 2.45) is 5.16 Å². The topological polar surface area (TPSA) is 92.3 Å². The lowest BCUT2D eigenvalue weighted by molar-refractivity contribution is 0.0753. The molecule has 1 atom stereocenters. The maximum absolute atomic E-state index is 12.3. The lowest BCUT2D eigenvalue weighted by Gasteiger charge is -2.09. The molecule has 0 fully saturated rings. The van der Waals surface area contributed by atoms with Gasteiger partial charge in [-0.2, -0.15) is 5.10 Å². The zero-order valence-electron chi connectivity index (χ0n) is 13.7. The van der Waals surface area contributed by atoms with E-state index >= 15 is 0 Å². The number of rotatable bonds is 4. The molecule has 0 bridgehead atoms. The van der Waals surface area contributed by atoms with Crippen LogP contribution in [0, 0.1) is 6.92 Å². The molecule has 2 N–H and O–H groups in total. The summed E-state index contributed by atoms with van der Waals surface area (Å²) in [7, 11) is 0. The molecule has 0 radical (unpaired) electrons. The molecule has 2 aromatic heterocycles. The van der Waals surface area contributed by atoms with E-state index in [0.29, 0.717) is 24.2 Å². The van der Waals surface area contributed by atoms with Crippen LogP contribution < -0.4 is 5.32 Å². The minimum Gasteiger partial charge on any atom is -0.390 e. The van der Waals surface area contributed by atoms with Gasteiger partial charge in [0.05, 0.1) is 24.0 Å². The van der Waals surface area contributed by atoms with Gasteiger partial charge in [-0.15, -0.1) is 0 Å². The van der Waals surface area contributed by atoms with Crippen molar-refractivity contribution >= 4 is 22.7 Å². The number of pyridine rings is 1. The summed E-state index contributed by atoms with van der Waals surface area (Å²) >= 11 is 0. The van der Waals surface area contributed by atoms with Crippen LogP contribution in [0.3, 0.4) is 0 Å². The summed E-state index contributed by atoms with van der Waals surface area (Å²) < 4.78 is 0. The minimum atomic E-state index is -0.192. The summed E-state index contributed by atoms with van der Waals surface area (Å²) in [6.07, 6.45) is 3.67. The first-order chi connectivity index (χ1) is 12.2. The zero-order chi connectivity index (χ0) is 17.2. The van der Waals surface area contributed by atoms with E-state index in [9.17, 15) is 4.79 Å². The molecule has 1 aromatic carbocycles. The highest BCUT2D eigenvalue weighted by Crippen LogP contribution is 2.17. The van der Waals surface area contributed by atoms with Gasteiger partial charge >= 0.3 is 0 Å². The summed E-state index contributed by atoms with van der Waals surface area (Å²) in [5.74, 6) is -0.192. The van der Waals surface area contributed by atoms with Crippen molar-refractivity contribution in [3.05, 3.63) is 59.4 Å². The number of aryl methyl sites for hydroxylation is 1. The number of fused-ring (bicyclic) bond motifs is 1. The largest absolute Gasteiger partial charge is 0.390 e. The first-order valence-corrected chi connectivity index (χ1v) is 8.06. The molecule has 1 amide bonds. The van der Waals surface area contributed by atoms with Gasteiger partial charge in [0.2, 0.25) is 0 Å². The average Bonchev–Trinajstić information content (AvgIpc) is 3.29. The fourth-order valence-electron chi connectivity index (χ4n) is 2.72. The second-order valence-electron chi connectivity index (χ2n) is 6.08. The lowest BCUT2D eigenvalue weighted by Crippen LogP contribution is -2.32. The van der Waals surface area contributed by atoms with Crippen molar-refractivity contribution in [1.29, 1.82) is 0 Å². The van der Waals surface area contributed by atoms with Gasteiger partial charge < -0.3 is 10.2 Å². The van der Waals surface area contributed by atoms with Gasteiger partial charge in [0.15, 0.2) is 5.65 Å². The Morgan fingerprint density at radius 3 is 3.00 bits per heavy atom. The van der Waals surface area contributed by atoms with E-state index in [4.69, 9.17) is 4.84 Å². The molecular formula is C18H17N5O2. The standard InChI is InChI=1S/C18H17N5O2/c1-11-2-4-12(5-3-11)16-7-15(25-23-16)10-20-18(24)14-6-13-9-21-22-17(13)19-8-14/h2-6,8-9,15H,7,10H2,1H3,(H,20,24)(H,19,21,22). The van der Waals surface area contributed by atoms with E-state index in [0.717, 1.165) is 16.7 Å². The fraction of sp³-hybridized carbons (Fsp3) is 0.222. The van der Waals surface area contributed by atoms with Crippen LogP contribution in [0.25, 0.3) is 11.0 Å². The molecule has 4 rings (SSSR count). The van der Waals surface area contributed by atoms with Crippen molar-refractivity contribution in [2.75, 3.05) is 6.54 Å². The lowest BCUT2D eigenvalue weighted by atomic mass is 10.0. The van der Waals surface area contributed by atoms with Crippen LogP contribution in [-0.4, -0.2) is 39.4 Å². The molecule has 0 saturated heterocycles. The average molecular weight is 335 g/mol. The third-order valence-corrected chi connectivity index (χ3v) is 4.16. The van der Waals surface area contributed by atoms with Crippen molar-refractivity contribution in [3.8, 4) is 0 Å². The van der Waals surface area contributed by atoms with Crippen LogP contribution in [0.15, 0.2) is 47.9 Å². The number of aromatic amines is 1. The van der Waals surface area contributed by atoms with Gasteiger partial charge in [0.25, 0.3) is 5.91 Å². The van der Waals surface area contributed by atoms with E-state index in [-0.39, 0.29) is 12.0 Å².